The van der Waals surface area contributed by atoms with Gasteiger partial charge in [0.15, 0.2) is 0 Å². The van der Waals surface area contributed by atoms with Gasteiger partial charge < -0.3 is 4.90 Å². The monoisotopic (exact) mass is 495 g/mol. The van der Waals surface area contributed by atoms with Crippen LogP contribution in [0, 0.1) is 19.8 Å². The highest BCUT2D eigenvalue weighted by Crippen LogP contribution is 2.30. The van der Waals surface area contributed by atoms with Crippen molar-refractivity contribution in [1.29, 1.82) is 0 Å². The summed E-state index contributed by atoms with van der Waals surface area (Å²) in [6.07, 6.45) is 5.96. The largest absolute Gasteiger partial charge is 0.338 e. The van der Waals surface area contributed by atoms with Crippen molar-refractivity contribution in [2.24, 2.45) is 18.0 Å². The zero-order valence-electron chi connectivity index (χ0n) is 22.3. The quantitative estimate of drug-likeness (QED) is 0.510. The van der Waals surface area contributed by atoms with E-state index in [1.807, 2.05) is 17.9 Å². The lowest BCUT2D eigenvalue weighted by Crippen LogP contribution is -2.41. The van der Waals surface area contributed by atoms with Gasteiger partial charge in [0.25, 0.3) is 0 Å². The molecule has 3 aliphatic heterocycles. The maximum absolute atomic E-state index is 13.5. The average Bonchev–Trinajstić information content (AvgIpc) is 3.48. The Morgan fingerprint density at radius 3 is 2.78 bits per heavy atom. The summed E-state index contributed by atoms with van der Waals surface area (Å²) < 4.78 is 1.85. The van der Waals surface area contributed by atoms with Gasteiger partial charge in [0.05, 0.1) is 17.8 Å². The lowest BCUT2D eigenvalue weighted by molar-refractivity contribution is -0.132. The second-order valence-electron chi connectivity index (χ2n) is 11.2. The SMILES string of the molecule is Cc1cccc(C)c1CN1CCC[C@@H](CC(=O)N2CCC3=C(C2)C(c2ccc4nn(C)cc4c2)=NC3)C1. The molecule has 0 radical (unpaired) electrons. The van der Waals surface area contributed by atoms with Crippen LogP contribution in [-0.2, 0) is 18.4 Å². The standard InChI is InChI=1S/C31H37N5O/c1-21-6-4-7-22(2)27(21)19-35-12-5-8-23(17-35)14-30(37)36-13-11-25-16-32-31(28(25)20-36)24-9-10-29-26(15-24)18-34(3)33-29/h4,6-7,9-10,15,18,23H,5,8,11-14,16-17,19-20H2,1-3H3/t23-/m0/s1. The van der Waals surface area contributed by atoms with E-state index in [1.54, 1.807) is 0 Å². The highest BCUT2D eigenvalue weighted by atomic mass is 16.2. The van der Waals surface area contributed by atoms with Gasteiger partial charge in [0.1, 0.15) is 0 Å². The topological polar surface area (TPSA) is 53.7 Å². The summed E-state index contributed by atoms with van der Waals surface area (Å²) in [7, 11) is 1.95. The number of hydrogen-bond donors (Lipinski definition) is 0. The molecule has 0 N–H and O–H groups in total. The molecule has 0 spiro atoms. The Hall–Kier alpha value is -3.25. The number of likely N-dealkylation sites (tertiary alicyclic amines) is 1. The van der Waals surface area contributed by atoms with Crippen molar-refractivity contribution in [3.05, 3.63) is 76.0 Å². The highest BCUT2D eigenvalue weighted by molar-refractivity contribution is 6.16. The maximum Gasteiger partial charge on any atom is 0.223 e. The molecule has 1 atom stereocenters. The van der Waals surface area contributed by atoms with Crippen LogP contribution in [0.15, 0.2) is 58.7 Å². The van der Waals surface area contributed by atoms with Gasteiger partial charge in [-0.15, -0.1) is 0 Å². The van der Waals surface area contributed by atoms with Gasteiger partial charge in [0.2, 0.25) is 5.91 Å². The molecule has 37 heavy (non-hydrogen) atoms. The summed E-state index contributed by atoms with van der Waals surface area (Å²) in [5, 5.41) is 5.63. The molecular formula is C31H37N5O. The summed E-state index contributed by atoms with van der Waals surface area (Å²) in [5.41, 5.74) is 10.1. The fraction of sp³-hybridized carbons (Fsp3) is 0.452. The van der Waals surface area contributed by atoms with E-state index in [0.717, 1.165) is 67.7 Å². The van der Waals surface area contributed by atoms with Gasteiger partial charge in [-0.2, -0.15) is 5.10 Å². The molecule has 4 heterocycles. The van der Waals surface area contributed by atoms with E-state index in [0.29, 0.717) is 24.8 Å². The molecule has 1 fully saturated rings. The third kappa shape index (κ3) is 4.87. The number of amides is 1. The second-order valence-corrected chi connectivity index (χ2v) is 11.2. The van der Waals surface area contributed by atoms with Crippen LogP contribution in [0.3, 0.4) is 0 Å². The van der Waals surface area contributed by atoms with Gasteiger partial charge in [-0.25, -0.2) is 0 Å². The summed E-state index contributed by atoms with van der Waals surface area (Å²) in [5.74, 6) is 0.741. The Balaban J connectivity index is 1.10. The minimum absolute atomic E-state index is 0.305. The number of carbonyl (C=O) groups excluding carboxylic acids is 1. The van der Waals surface area contributed by atoms with Crippen LogP contribution < -0.4 is 0 Å². The number of rotatable bonds is 5. The van der Waals surface area contributed by atoms with Gasteiger partial charge in [-0.3, -0.25) is 19.4 Å². The number of aliphatic imine (C=N–C) groups is 1. The third-order valence-electron chi connectivity index (χ3n) is 8.51. The molecule has 6 heteroatoms. The van der Waals surface area contributed by atoms with Gasteiger partial charge in [-0.1, -0.05) is 24.3 Å². The molecule has 3 aromatic rings. The number of nitrogens with zero attached hydrogens (tertiary/aromatic N) is 5. The van der Waals surface area contributed by atoms with Gasteiger partial charge >= 0.3 is 0 Å². The maximum atomic E-state index is 13.5. The number of hydrogen-bond acceptors (Lipinski definition) is 4. The molecule has 2 aromatic carbocycles. The number of aryl methyl sites for hydroxylation is 3. The molecule has 0 saturated carbocycles. The number of benzene rings is 2. The van der Waals surface area contributed by atoms with Crippen LogP contribution in [-0.4, -0.2) is 63.9 Å². The number of piperidine rings is 1. The van der Waals surface area contributed by atoms with Crippen LogP contribution in [0.25, 0.3) is 10.9 Å². The Bertz CT molecular complexity index is 1390. The van der Waals surface area contributed by atoms with E-state index in [-0.39, 0.29) is 0 Å². The first-order valence-electron chi connectivity index (χ1n) is 13.7. The fourth-order valence-corrected chi connectivity index (χ4v) is 6.42. The summed E-state index contributed by atoms with van der Waals surface area (Å²) in [6, 6.07) is 12.9. The Morgan fingerprint density at radius 2 is 1.95 bits per heavy atom. The molecule has 1 amide bonds. The van der Waals surface area contributed by atoms with Crippen molar-refractivity contribution in [2.75, 3.05) is 32.7 Å². The molecule has 1 aromatic heterocycles. The van der Waals surface area contributed by atoms with Crippen LogP contribution in [0.1, 0.15) is 47.9 Å². The lowest BCUT2D eigenvalue weighted by Gasteiger charge is -2.35. The molecule has 0 unspecified atom stereocenters. The third-order valence-corrected chi connectivity index (χ3v) is 8.51. The van der Waals surface area contributed by atoms with Crippen molar-refractivity contribution < 1.29 is 4.79 Å². The van der Waals surface area contributed by atoms with Crippen molar-refractivity contribution in [3.8, 4) is 0 Å². The smallest absolute Gasteiger partial charge is 0.223 e. The minimum Gasteiger partial charge on any atom is -0.338 e. The van der Waals surface area contributed by atoms with Crippen molar-refractivity contribution in [2.45, 2.75) is 46.1 Å². The number of aromatic nitrogens is 2. The summed E-state index contributed by atoms with van der Waals surface area (Å²) >= 11 is 0. The van der Waals surface area contributed by atoms with Crippen molar-refractivity contribution in [1.82, 2.24) is 19.6 Å². The number of fused-ring (bicyclic) bond motifs is 1. The lowest BCUT2D eigenvalue weighted by atomic mass is 9.91. The molecule has 1 saturated heterocycles. The molecule has 3 aliphatic rings. The van der Waals surface area contributed by atoms with E-state index in [4.69, 9.17) is 4.99 Å². The Morgan fingerprint density at radius 1 is 1.11 bits per heavy atom. The van der Waals surface area contributed by atoms with Crippen LogP contribution in [0.2, 0.25) is 0 Å². The fourth-order valence-electron chi connectivity index (χ4n) is 6.42. The van der Waals surface area contributed by atoms with Crippen LogP contribution in [0.5, 0.6) is 0 Å². The van der Waals surface area contributed by atoms with Crippen LogP contribution in [0.4, 0.5) is 0 Å². The minimum atomic E-state index is 0.305. The highest BCUT2D eigenvalue weighted by Gasteiger charge is 2.31. The molecule has 6 rings (SSSR count). The predicted octanol–water partition coefficient (Wildman–Crippen LogP) is 4.82. The van der Waals surface area contributed by atoms with Crippen molar-refractivity contribution >= 4 is 22.5 Å². The predicted molar refractivity (Wildman–Crippen MR) is 149 cm³/mol. The van der Waals surface area contributed by atoms with E-state index in [1.165, 1.54) is 34.3 Å². The zero-order valence-corrected chi connectivity index (χ0v) is 22.3. The van der Waals surface area contributed by atoms with Crippen LogP contribution >= 0.6 is 0 Å². The Kier molecular flexibility index (Phi) is 6.45. The van der Waals surface area contributed by atoms with Crippen molar-refractivity contribution in [3.63, 3.8) is 0 Å². The molecule has 6 nitrogen and oxygen atoms in total. The first-order valence-corrected chi connectivity index (χ1v) is 13.7. The van der Waals surface area contributed by atoms with E-state index in [2.05, 4.69) is 65.1 Å². The number of carbonyl (C=O) groups is 1. The second kappa shape index (κ2) is 9.90. The summed E-state index contributed by atoms with van der Waals surface area (Å²) in [6.45, 7) is 9.83. The summed E-state index contributed by atoms with van der Waals surface area (Å²) in [4.78, 5) is 23.0. The van der Waals surface area contributed by atoms with Gasteiger partial charge in [0, 0.05) is 56.8 Å². The first-order chi connectivity index (χ1) is 17.9. The molecule has 192 valence electrons. The van der Waals surface area contributed by atoms with E-state index >= 15 is 0 Å². The molecule has 0 bridgehead atoms. The molecule has 0 aliphatic carbocycles. The average molecular weight is 496 g/mol. The Labute approximate surface area is 219 Å². The molecular weight excluding hydrogens is 458 g/mol. The van der Waals surface area contributed by atoms with Gasteiger partial charge in [-0.05, 0) is 85.5 Å². The zero-order chi connectivity index (χ0) is 25.5. The normalized spacial score (nSPS) is 20.5. The first kappa shape index (κ1) is 24.1. The van der Waals surface area contributed by atoms with E-state index in [9.17, 15) is 4.79 Å². The van der Waals surface area contributed by atoms with E-state index < -0.39 is 0 Å².